The Hall–Kier alpha value is -4.92. The van der Waals surface area contributed by atoms with Crippen molar-refractivity contribution in [2.45, 2.75) is 21.9 Å². The van der Waals surface area contributed by atoms with Crippen LogP contribution in [0.5, 0.6) is 5.75 Å². The molecule has 2 atom stereocenters. The van der Waals surface area contributed by atoms with Gasteiger partial charge < -0.3 is 9.64 Å². The molecule has 262 valence electrons. The Morgan fingerprint density at radius 2 is 1.24 bits per heavy atom. The van der Waals surface area contributed by atoms with Crippen LogP contribution in [-0.2, 0) is 20.0 Å². The monoisotopic (exact) mass is 722 g/mol. The summed E-state index contributed by atoms with van der Waals surface area (Å²) in [6, 6.07) is 28.5. The Labute approximate surface area is 298 Å². The van der Waals surface area contributed by atoms with E-state index in [1.165, 1.54) is 0 Å². The van der Waals surface area contributed by atoms with E-state index in [2.05, 4.69) is 29.2 Å². The van der Waals surface area contributed by atoms with Crippen LogP contribution < -0.4 is 19.1 Å². The molecule has 11 nitrogen and oxygen atoms in total. The number of nitrogens with one attached hydrogen (secondary N) is 2. The highest BCUT2D eigenvalue weighted by molar-refractivity contribution is 7.90. The average Bonchev–Trinajstić information content (AvgIpc) is 3.17. The minimum atomic E-state index is -4.18. The molecule has 13 heteroatoms. The molecule has 51 heavy (non-hydrogen) atoms. The number of ether oxygens (including phenoxy) is 1. The fourth-order valence-corrected chi connectivity index (χ4v) is 9.63. The minimum Gasteiger partial charge on any atom is -0.497 e. The van der Waals surface area contributed by atoms with Crippen LogP contribution in [0.2, 0.25) is 0 Å². The topological polar surface area (TPSA) is 134 Å². The van der Waals surface area contributed by atoms with Crippen molar-refractivity contribution in [3.8, 4) is 5.75 Å². The lowest BCUT2D eigenvalue weighted by atomic mass is 10.00. The number of aromatic nitrogens is 2. The molecule has 0 saturated carbocycles. The van der Waals surface area contributed by atoms with Crippen molar-refractivity contribution in [1.29, 1.82) is 0 Å². The van der Waals surface area contributed by atoms with Crippen molar-refractivity contribution in [1.82, 2.24) is 24.3 Å². The Balaban J connectivity index is 1.25. The molecule has 0 radical (unpaired) electrons. The van der Waals surface area contributed by atoms with Gasteiger partial charge in [0.05, 0.1) is 29.0 Å². The van der Waals surface area contributed by atoms with Gasteiger partial charge in [0, 0.05) is 84.7 Å². The second-order valence-corrected chi connectivity index (χ2v) is 15.8. The molecule has 2 unspecified atom stereocenters. The summed E-state index contributed by atoms with van der Waals surface area (Å²) in [5.41, 5.74) is 1.69. The van der Waals surface area contributed by atoms with E-state index in [0.29, 0.717) is 53.3 Å². The van der Waals surface area contributed by atoms with E-state index in [4.69, 9.17) is 4.74 Å². The van der Waals surface area contributed by atoms with Crippen LogP contribution in [0.3, 0.4) is 0 Å². The minimum absolute atomic E-state index is 0.0830. The van der Waals surface area contributed by atoms with Crippen molar-refractivity contribution in [3.05, 3.63) is 133 Å². The first-order valence-electron chi connectivity index (χ1n) is 16.6. The molecule has 3 heterocycles. The molecule has 1 fully saturated rings. The van der Waals surface area contributed by atoms with Gasteiger partial charge in [-0.05, 0) is 54.1 Å². The van der Waals surface area contributed by atoms with Crippen LogP contribution >= 0.6 is 0 Å². The number of hydrogen-bond acceptors (Lipinski definition) is 9. The number of rotatable bonds is 12. The Morgan fingerprint density at radius 3 is 1.80 bits per heavy atom. The molecular formula is C38H38N6O5S2. The molecule has 6 aromatic rings. The van der Waals surface area contributed by atoms with Crippen LogP contribution in [0.4, 0.5) is 5.69 Å². The van der Waals surface area contributed by atoms with Gasteiger partial charge in [0.1, 0.15) is 5.75 Å². The van der Waals surface area contributed by atoms with Crippen LogP contribution in [0.1, 0.15) is 11.6 Å². The quantitative estimate of drug-likeness (QED) is 0.180. The van der Waals surface area contributed by atoms with E-state index in [0.717, 1.165) is 11.4 Å². The van der Waals surface area contributed by atoms with Gasteiger partial charge in [-0.15, -0.1) is 0 Å². The summed E-state index contributed by atoms with van der Waals surface area (Å²) in [5, 5.41) is 2.39. The van der Waals surface area contributed by atoms with Crippen LogP contribution in [-0.4, -0.2) is 77.6 Å². The molecule has 1 aliphatic heterocycles. The lowest BCUT2D eigenvalue weighted by Crippen LogP contribution is -2.55. The fourth-order valence-electron chi connectivity index (χ4n) is 6.66. The number of sulfonamides is 2. The summed E-state index contributed by atoms with van der Waals surface area (Å²) in [7, 11) is -6.72. The third-order valence-corrected chi connectivity index (χ3v) is 12.3. The summed E-state index contributed by atoms with van der Waals surface area (Å²) in [5.74, 6) is 0.782. The zero-order chi connectivity index (χ0) is 35.4. The van der Waals surface area contributed by atoms with Crippen LogP contribution in [0.15, 0.2) is 138 Å². The normalized spacial score (nSPS) is 15.5. The van der Waals surface area contributed by atoms with Gasteiger partial charge >= 0.3 is 0 Å². The number of hydrogen-bond donors (Lipinski definition) is 2. The maximum atomic E-state index is 14.4. The summed E-state index contributed by atoms with van der Waals surface area (Å²) >= 11 is 0. The molecule has 7 rings (SSSR count). The molecule has 1 saturated heterocycles. The van der Waals surface area contributed by atoms with Crippen molar-refractivity contribution >= 4 is 47.3 Å². The number of benzene rings is 4. The second kappa shape index (κ2) is 14.7. The molecular weight excluding hydrogens is 685 g/mol. The molecule has 0 bridgehead atoms. The largest absolute Gasteiger partial charge is 0.497 e. The van der Waals surface area contributed by atoms with Crippen molar-refractivity contribution < 1.29 is 21.6 Å². The summed E-state index contributed by atoms with van der Waals surface area (Å²) in [4.78, 5) is 12.9. The maximum absolute atomic E-state index is 14.4. The number of piperazine rings is 1. The fraction of sp³-hybridized carbons (Fsp3) is 0.211. The highest BCUT2D eigenvalue weighted by atomic mass is 32.2. The zero-order valence-electron chi connectivity index (χ0n) is 28.0. The van der Waals surface area contributed by atoms with E-state index < -0.39 is 32.1 Å². The lowest BCUT2D eigenvalue weighted by molar-refractivity contribution is 0.223. The maximum Gasteiger partial charge on any atom is 0.241 e. The number of fused-ring (bicyclic) bond motifs is 2. The van der Waals surface area contributed by atoms with Crippen molar-refractivity contribution in [2.24, 2.45) is 0 Å². The Kier molecular flexibility index (Phi) is 9.98. The van der Waals surface area contributed by atoms with E-state index in [9.17, 15) is 16.8 Å². The van der Waals surface area contributed by atoms with E-state index in [-0.39, 0.29) is 16.3 Å². The standard InChI is InChI=1S/C38H38N6O5S2/c1-49-32-15-13-31(14-16-32)44-23-21-43(22-24-44)27-35(41-50(45,46)36-11-5-9-29-25-39-19-17-33(29)36)38(28-7-3-2-4-8-28)42-51(47,48)37-12-6-10-30-26-40-20-18-34(30)37/h2-20,25-26,35,38,41-42H,21-24,27H2,1H3. The van der Waals surface area contributed by atoms with Crippen molar-refractivity contribution in [3.63, 3.8) is 0 Å². The van der Waals surface area contributed by atoms with Crippen LogP contribution in [0, 0.1) is 0 Å². The third-order valence-electron chi connectivity index (χ3n) is 9.27. The Morgan fingerprint density at radius 1 is 0.667 bits per heavy atom. The number of pyridine rings is 2. The summed E-state index contributed by atoms with van der Waals surface area (Å²) in [6.07, 6.45) is 6.35. The number of methoxy groups -OCH3 is 1. The molecule has 2 aromatic heterocycles. The Bertz CT molecular complexity index is 2340. The van der Waals surface area contributed by atoms with Gasteiger partial charge in [-0.25, -0.2) is 26.3 Å². The smallest absolute Gasteiger partial charge is 0.241 e. The van der Waals surface area contributed by atoms with Gasteiger partial charge in [0.15, 0.2) is 0 Å². The highest BCUT2D eigenvalue weighted by Crippen LogP contribution is 2.29. The van der Waals surface area contributed by atoms with Crippen molar-refractivity contribution in [2.75, 3.05) is 44.7 Å². The first-order valence-corrected chi connectivity index (χ1v) is 19.5. The van der Waals surface area contributed by atoms with Crippen LogP contribution in [0.25, 0.3) is 21.5 Å². The summed E-state index contributed by atoms with van der Waals surface area (Å²) in [6.45, 7) is 2.91. The lowest BCUT2D eigenvalue weighted by Gasteiger charge is -2.39. The average molecular weight is 723 g/mol. The molecule has 0 aliphatic carbocycles. The van der Waals surface area contributed by atoms with Gasteiger partial charge in [-0.1, -0.05) is 54.6 Å². The number of nitrogens with zero attached hydrogens (tertiary/aromatic N) is 4. The second-order valence-electron chi connectivity index (χ2n) is 12.4. The molecule has 0 spiro atoms. The molecule has 4 aromatic carbocycles. The predicted octanol–water partition coefficient (Wildman–Crippen LogP) is 4.98. The third kappa shape index (κ3) is 7.58. The first-order chi connectivity index (χ1) is 24.7. The summed E-state index contributed by atoms with van der Waals surface area (Å²) < 4.78 is 68.6. The van der Waals surface area contributed by atoms with Gasteiger partial charge in [-0.3, -0.25) is 14.9 Å². The van der Waals surface area contributed by atoms with E-state index in [1.54, 1.807) is 74.4 Å². The molecule has 1 aliphatic rings. The SMILES string of the molecule is COc1ccc(N2CCN(CC(NS(=O)(=O)c3cccc4cnccc34)C(NS(=O)(=O)c3cccc4cnccc34)c3ccccc3)CC2)cc1. The number of anilines is 1. The first kappa shape index (κ1) is 34.5. The van der Waals surface area contributed by atoms with E-state index >= 15 is 0 Å². The van der Waals surface area contributed by atoms with Gasteiger partial charge in [0.2, 0.25) is 20.0 Å². The highest BCUT2D eigenvalue weighted by Gasteiger charge is 2.35. The van der Waals surface area contributed by atoms with Gasteiger partial charge in [-0.2, -0.15) is 0 Å². The van der Waals surface area contributed by atoms with Gasteiger partial charge in [0.25, 0.3) is 0 Å². The zero-order valence-corrected chi connectivity index (χ0v) is 29.6. The molecule has 0 amide bonds. The predicted molar refractivity (Wildman–Crippen MR) is 199 cm³/mol. The molecule has 2 N–H and O–H groups in total. The van der Waals surface area contributed by atoms with E-state index in [1.807, 2.05) is 60.7 Å².